The summed E-state index contributed by atoms with van der Waals surface area (Å²) in [5, 5.41) is 3.59. The minimum absolute atomic E-state index is 0.621. The van der Waals surface area contributed by atoms with Crippen molar-refractivity contribution < 1.29 is 0 Å². The van der Waals surface area contributed by atoms with E-state index in [-0.39, 0.29) is 0 Å². The lowest BCUT2D eigenvalue weighted by Gasteiger charge is -2.26. The van der Waals surface area contributed by atoms with Crippen LogP contribution < -0.4 is 4.90 Å². The highest BCUT2D eigenvalue weighted by Gasteiger charge is 2.19. The van der Waals surface area contributed by atoms with Gasteiger partial charge in [-0.25, -0.2) is 4.98 Å². The molecule has 84 valence electrons. The molecule has 2 rings (SSSR count). The summed E-state index contributed by atoms with van der Waals surface area (Å²) < 4.78 is 0. The molecule has 2 nitrogen and oxygen atoms in total. The van der Waals surface area contributed by atoms with Crippen molar-refractivity contribution in [3.8, 4) is 0 Å². The van der Waals surface area contributed by atoms with Gasteiger partial charge < -0.3 is 4.90 Å². The predicted octanol–water partition coefficient (Wildman–Crippen LogP) is 3.96. The second kappa shape index (κ2) is 5.17. The second-order valence-corrected chi connectivity index (χ2v) is 5.43. The SMILES string of the molecule is CN(c1nc(Cl)cs1)C1CCCCCC1. The Morgan fingerprint density at radius 3 is 2.53 bits per heavy atom. The largest absolute Gasteiger partial charge is 0.348 e. The van der Waals surface area contributed by atoms with Crippen LogP contribution in [0.25, 0.3) is 0 Å². The number of rotatable bonds is 2. The lowest BCUT2D eigenvalue weighted by atomic mass is 10.1. The van der Waals surface area contributed by atoms with Gasteiger partial charge in [-0.05, 0) is 12.8 Å². The molecule has 1 aromatic heterocycles. The van der Waals surface area contributed by atoms with Crippen molar-refractivity contribution in [3.63, 3.8) is 0 Å². The minimum Gasteiger partial charge on any atom is -0.348 e. The van der Waals surface area contributed by atoms with Crippen LogP contribution in [0.3, 0.4) is 0 Å². The number of halogens is 1. The van der Waals surface area contributed by atoms with Crippen LogP contribution in [0.4, 0.5) is 5.13 Å². The van der Waals surface area contributed by atoms with Gasteiger partial charge in [0.2, 0.25) is 0 Å². The van der Waals surface area contributed by atoms with Crippen LogP contribution in [0.15, 0.2) is 5.38 Å². The van der Waals surface area contributed by atoms with Gasteiger partial charge in [-0.15, -0.1) is 11.3 Å². The molecule has 0 bridgehead atoms. The molecule has 1 saturated carbocycles. The van der Waals surface area contributed by atoms with Crippen LogP contribution in [-0.2, 0) is 0 Å². The van der Waals surface area contributed by atoms with Crippen LogP contribution in [-0.4, -0.2) is 18.1 Å². The summed E-state index contributed by atoms with van der Waals surface area (Å²) in [6.07, 6.45) is 8.09. The molecule has 0 spiro atoms. The summed E-state index contributed by atoms with van der Waals surface area (Å²) in [7, 11) is 2.14. The lowest BCUT2D eigenvalue weighted by Crippen LogP contribution is -2.30. The third-order valence-electron chi connectivity index (χ3n) is 3.14. The number of hydrogen-bond donors (Lipinski definition) is 0. The molecule has 0 unspecified atom stereocenters. The topological polar surface area (TPSA) is 16.1 Å². The standard InChI is InChI=1S/C11H17ClN2S/c1-14(11-13-10(12)8-15-11)9-6-4-2-3-5-7-9/h8-9H,2-7H2,1H3. The fraction of sp³-hybridized carbons (Fsp3) is 0.727. The van der Waals surface area contributed by atoms with E-state index >= 15 is 0 Å². The zero-order valence-corrected chi connectivity index (χ0v) is 10.7. The van der Waals surface area contributed by atoms with Crippen molar-refractivity contribution in [1.82, 2.24) is 4.98 Å². The number of hydrogen-bond acceptors (Lipinski definition) is 3. The van der Waals surface area contributed by atoms with Crippen molar-refractivity contribution >= 4 is 28.1 Å². The van der Waals surface area contributed by atoms with Gasteiger partial charge in [0, 0.05) is 18.5 Å². The molecule has 15 heavy (non-hydrogen) atoms. The van der Waals surface area contributed by atoms with Gasteiger partial charge in [0.25, 0.3) is 0 Å². The monoisotopic (exact) mass is 244 g/mol. The van der Waals surface area contributed by atoms with Crippen LogP contribution in [0.5, 0.6) is 0 Å². The quantitative estimate of drug-likeness (QED) is 0.733. The average Bonchev–Trinajstić information content (AvgIpc) is 2.53. The molecule has 1 aliphatic carbocycles. The van der Waals surface area contributed by atoms with Gasteiger partial charge in [0.1, 0.15) is 5.15 Å². The molecule has 1 fully saturated rings. The first-order valence-corrected chi connectivity index (χ1v) is 6.87. The van der Waals surface area contributed by atoms with Gasteiger partial charge >= 0.3 is 0 Å². The Kier molecular flexibility index (Phi) is 3.87. The summed E-state index contributed by atoms with van der Waals surface area (Å²) >= 11 is 7.49. The van der Waals surface area contributed by atoms with E-state index in [1.54, 1.807) is 11.3 Å². The van der Waals surface area contributed by atoms with Crippen molar-refractivity contribution in [2.45, 2.75) is 44.6 Å². The highest BCUT2D eigenvalue weighted by Crippen LogP contribution is 2.28. The summed E-state index contributed by atoms with van der Waals surface area (Å²) in [5.41, 5.74) is 0. The van der Waals surface area contributed by atoms with Gasteiger partial charge in [0.15, 0.2) is 5.13 Å². The summed E-state index contributed by atoms with van der Waals surface area (Å²) in [6.45, 7) is 0. The minimum atomic E-state index is 0.621. The molecule has 0 N–H and O–H groups in total. The fourth-order valence-electron chi connectivity index (χ4n) is 2.21. The maximum Gasteiger partial charge on any atom is 0.186 e. The van der Waals surface area contributed by atoms with E-state index in [1.165, 1.54) is 38.5 Å². The van der Waals surface area contributed by atoms with Crippen molar-refractivity contribution in [1.29, 1.82) is 0 Å². The molecule has 0 aliphatic heterocycles. The van der Waals surface area contributed by atoms with Crippen molar-refractivity contribution in [2.24, 2.45) is 0 Å². The molecule has 1 aromatic rings. The molecular weight excluding hydrogens is 228 g/mol. The number of aromatic nitrogens is 1. The van der Waals surface area contributed by atoms with E-state index in [2.05, 4.69) is 16.9 Å². The second-order valence-electron chi connectivity index (χ2n) is 4.21. The first-order valence-electron chi connectivity index (χ1n) is 5.61. The van der Waals surface area contributed by atoms with E-state index in [0.29, 0.717) is 11.2 Å². The number of anilines is 1. The van der Waals surface area contributed by atoms with E-state index in [1.807, 2.05) is 5.38 Å². The maximum atomic E-state index is 5.85. The summed E-state index contributed by atoms with van der Waals surface area (Å²) in [5.74, 6) is 0. The molecule has 1 aliphatic rings. The Bertz CT molecular complexity index is 305. The Balaban J connectivity index is 2.02. The number of nitrogens with zero attached hydrogens (tertiary/aromatic N) is 2. The summed E-state index contributed by atoms with van der Waals surface area (Å²) in [6, 6.07) is 0.662. The first kappa shape index (κ1) is 11.2. The third kappa shape index (κ3) is 2.85. The van der Waals surface area contributed by atoms with E-state index in [9.17, 15) is 0 Å². The van der Waals surface area contributed by atoms with Crippen LogP contribution in [0.1, 0.15) is 38.5 Å². The highest BCUT2D eigenvalue weighted by molar-refractivity contribution is 7.14. The molecule has 0 aromatic carbocycles. The van der Waals surface area contributed by atoms with Crippen molar-refractivity contribution in [3.05, 3.63) is 10.5 Å². The third-order valence-corrected chi connectivity index (χ3v) is 4.39. The van der Waals surface area contributed by atoms with Gasteiger partial charge in [-0.1, -0.05) is 37.3 Å². The normalized spacial score (nSPS) is 18.8. The lowest BCUT2D eigenvalue weighted by molar-refractivity contribution is 0.552. The van der Waals surface area contributed by atoms with Gasteiger partial charge in [0.05, 0.1) is 0 Å². The average molecular weight is 245 g/mol. The molecule has 0 amide bonds. The van der Waals surface area contributed by atoms with Gasteiger partial charge in [-0.2, -0.15) is 0 Å². The van der Waals surface area contributed by atoms with Gasteiger partial charge in [-0.3, -0.25) is 0 Å². The Labute approximate surface area is 100 Å². The zero-order chi connectivity index (χ0) is 10.7. The Morgan fingerprint density at radius 1 is 1.33 bits per heavy atom. The highest BCUT2D eigenvalue weighted by atomic mass is 35.5. The number of thiazole rings is 1. The molecular formula is C11H17ClN2S. The Hall–Kier alpha value is -0.280. The molecule has 0 atom stereocenters. The van der Waals surface area contributed by atoms with E-state index in [4.69, 9.17) is 11.6 Å². The molecule has 0 saturated heterocycles. The predicted molar refractivity (Wildman–Crippen MR) is 67.0 cm³/mol. The summed E-state index contributed by atoms with van der Waals surface area (Å²) in [4.78, 5) is 6.63. The van der Waals surface area contributed by atoms with Crippen LogP contribution >= 0.6 is 22.9 Å². The van der Waals surface area contributed by atoms with Crippen LogP contribution in [0, 0.1) is 0 Å². The molecule has 1 heterocycles. The maximum absolute atomic E-state index is 5.85. The zero-order valence-electron chi connectivity index (χ0n) is 9.08. The smallest absolute Gasteiger partial charge is 0.186 e. The fourth-order valence-corrected chi connectivity index (χ4v) is 3.19. The first-order chi connectivity index (χ1) is 7.27. The Morgan fingerprint density at radius 2 is 2.00 bits per heavy atom. The van der Waals surface area contributed by atoms with E-state index in [0.717, 1.165) is 5.13 Å². The van der Waals surface area contributed by atoms with Crippen LogP contribution in [0.2, 0.25) is 5.15 Å². The molecule has 0 radical (unpaired) electrons. The molecule has 4 heteroatoms. The van der Waals surface area contributed by atoms with E-state index < -0.39 is 0 Å². The van der Waals surface area contributed by atoms with Crippen molar-refractivity contribution in [2.75, 3.05) is 11.9 Å².